The summed E-state index contributed by atoms with van der Waals surface area (Å²) in [5.74, 6) is 0.0415. The molecule has 1 fully saturated rings. The fraction of sp³-hybridized carbons (Fsp3) is 0.500. The van der Waals surface area contributed by atoms with Crippen molar-refractivity contribution in [1.82, 2.24) is 25.5 Å². The number of nitrogens with zero attached hydrogens (tertiary/aromatic N) is 4. The van der Waals surface area contributed by atoms with Crippen LogP contribution in [0.25, 0.3) is 0 Å². The lowest BCUT2D eigenvalue weighted by Gasteiger charge is -2.11. The topological polar surface area (TPSA) is 120 Å². The van der Waals surface area contributed by atoms with E-state index in [4.69, 9.17) is 9.47 Å². The molecular weight excluding hydrogens is 396 g/mol. The van der Waals surface area contributed by atoms with Crippen molar-refractivity contribution in [3.63, 3.8) is 0 Å². The molecule has 0 spiro atoms. The summed E-state index contributed by atoms with van der Waals surface area (Å²) >= 11 is 1.22. The van der Waals surface area contributed by atoms with Gasteiger partial charge in [0.05, 0.1) is 37.7 Å². The second-order valence-corrected chi connectivity index (χ2v) is 7.54. The molecule has 1 aliphatic heterocycles. The summed E-state index contributed by atoms with van der Waals surface area (Å²) in [6.45, 7) is 3.10. The number of carbonyl (C=O) groups is 2. The molecule has 156 valence electrons. The van der Waals surface area contributed by atoms with Crippen LogP contribution in [-0.2, 0) is 20.9 Å². The summed E-state index contributed by atoms with van der Waals surface area (Å²) in [5, 5.41) is 17.4. The highest BCUT2D eigenvalue weighted by molar-refractivity contribution is 7.99. The number of thioether (sulfide) groups is 1. The monoisotopic (exact) mass is 420 g/mol. The van der Waals surface area contributed by atoms with Gasteiger partial charge < -0.3 is 20.1 Å². The molecule has 10 nitrogen and oxygen atoms in total. The number of anilines is 1. The van der Waals surface area contributed by atoms with Gasteiger partial charge in [0.15, 0.2) is 0 Å². The van der Waals surface area contributed by atoms with Crippen molar-refractivity contribution in [3.05, 3.63) is 23.8 Å². The van der Waals surface area contributed by atoms with Crippen LogP contribution in [0.3, 0.4) is 0 Å². The molecular formula is C18H24N6O4S. The molecule has 1 aromatic carbocycles. The van der Waals surface area contributed by atoms with E-state index in [2.05, 4.69) is 26.2 Å². The minimum atomic E-state index is -0.338. The van der Waals surface area contributed by atoms with Crippen LogP contribution in [-0.4, -0.2) is 64.1 Å². The van der Waals surface area contributed by atoms with Gasteiger partial charge in [-0.05, 0) is 47.9 Å². The zero-order valence-electron chi connectivity index (χ0n) is 16.4. The van der Waals surface area contributed by atoms with E-state index in [1.807, 2.05) is 19.1 Å². The number of hydrogen-bond acceptors (Lipinski definition) is 8. The van der Waals surface area contributed by atoms with Gasteiger partial charge in [0.25, 0.3) is 0 Å². The Morgan fingerprint density at radius 2 is 2.24 bits per heavy atom. The number of aromatic nitrogens is 4. The van der Waals surface area contributed by atoms with Crippen LogP contribution in [0.2, 0.25) is 0 Å². The maximum atomic E-state index is 12.1. The van der Waals surface area contributed by atoms with Gasteiger partial charge in [-0.15, -0.1) is 5.10 Å². The normalized spacial score (nSPS) is 15.9. The zero-order chi connectivity index (χ0) is 20.6. The Bertz CT molecular complexity index is 853. The second-order valence-electron chi connectivity index (χ2n) is 6.60. The molecule has 1 aliphatic rings. The molecule has 0 bridgehead atoms. The van der Waals surface area contributed by atoms with Crippen molar-refractivity contribution >= 4 is 29.3 Å². The van der Waals surface area contributed by atoms with Gasteiger partial charge in [-0.3, -0.25) is 9.59 Å². The summed E-state index contributed by atoms with van der Waals surface area (Å²) in [5.41, 5.74) is 1.55. The van der Waals surface area contributed by atoms with Gasteiger partial charge >= 0.3 is 0 Å². The smallest absolute Gasteiger partial charge is 0.243 e. The summed E-state index contributed by atoms with van der Waals surface area (Å²) in [6.07, 6.45) is 2.12. The summed E-state index contributed by atoms with van der Waals surface area (Å²) in [4.78, 5) is 24.2. The highest BCUT2D eigenvalue weighted by Gasteiger charge is 2.19. The molecule has 0 radical (unpaired) electrons. The van der Waals surface area contributed by atoms with E-state index in [0.29, 0.717) is 23.1 Å². The number of hydrogen-bond donors (Lipinski definition) is 2. The number of carbonyl (C=O) groups excluding carboxylic acids is 2. The number of aryl methyl sites for hydroxylation is 1. The first-order chi connectivity index (χ1) is 14.0. The Morgan fingerprint density at radius 1 is 1.38 bits per heavy atom. The standard InChI is InChI=1S/C18H24N6O4S/c1-12-5-6-15(27-2)14(8-12)20-16(25)9-19-17(26)11-29-18-21-22-23-24(18)10-13-4-3-7-28-13/h5-6,8,13H,3-4,7,9-11H2,1-2H3,(H,19,26)(H,20,25)/t13-/m1/s1. The van der Waals surface area contributed by atoms with E-state index >= 15 is 0 Å². The van der Waals surface area contributed by atoms with Gasteiger partial charge in [-0.1, -0.05) is 17.8 Å². The lowest BCUT2D eigenvalue weighted by atomic mass is 10.2. The van der Waals surface area contributed by atoms with Gasteiger partial charge in [-0.2, -0.15) is 0 Å². The van der Waals surface area contributed by atoms with E-state index in [0.717, 1.165) is 25.0 Å². The quantitative estimate of drug-likeness (QED) is 0.577. The van der Waals surface area contributed by atoms with Crippen LogP contribution < -0.4 is 15.4 Å². The Kier molecular flexibility index (Phi) is 7.42. The number of tetrazole rings is 1. The number of benzene rings is 1. The van der Waals surface area contributed by atoms with E-state index < -0.39 is 0 Å². The van der Waals surface area contributed by atoms with Gasteiger partial charge in [0.1, 0.15) is 5.75 Å². The van der Waals surface area contributed by atoms with Crippen molar-refractivity contribution in [2.24, 2.45) is 0 Å². The SMILES string of the molecule is COc1ccc(C)cc1NC(=O)CNC(=O)CSc1nnnn1C[C@H]1CCCO1. The van der Waals surface area contributed by atoms with Crippen molar-refractivity contribution in [2.45, 2.75) is 37.6 Å². The van der Waals surface area contributed by atoms with Crippen molar-refractivity contribution in [1.29, 1.82) is 0 Å². The minimum absolute atomic E-state index is 0.104. The predicted octanol–water partition coefficient (Wildman–Crippen LogP) is 1.02. The minimum Gasteiger partial charge on any atom is -0.495 e. The molecule has 11 heteroatoms. The molecule has 2 N–H and O–H groups in total. The lowest BCUT2D eigenvalue weighted by Crippen LogP contribution is -2.34. The van der Waals surface area contributed by atoms with E-state index in [1.165, 1.54) is 18.9 Å². The van der Waals surface area contributed by atoms with Crippen LogP contribution in [0.15, 0.2) is 23.4 Å². The molecule has 3 rings (SSSR count). The van der Waals surface area contributed by atoms with Crippen molar-refractivity contribution in [3.8, 4) is 5.75 Å². The largest absolute Gasteiger partial charge is 0.495 e. The summed E-state index contributed by atoms with van der Waals surface area (Å²) < 4.78 is 12.5. The molecule has 0 aliphatic carbocycles. The highest BCUT2D eigenvalue weighted by Crippen LogP contribution is 2.25. The Hall–Kier alpha value is -2.66. The fourth-order valence-corrected chi connectivity index (χ4v) is 3.59. The van der Waals surface area contributed by atoms with E-state index in [-0.39, 0.29) is 30.2 Å². The third-order valence-electron chi connectivity index (χ3n) is 4.31. The molecule has 2 heterocycles. The average Bonchev–Trinajstić information content (AvgIpc) is 3.37. The lowest BCUT2D eigenvalue weighted by molar-refractivity contribution is -0.122. The number of amides is 2. The average molecular weight is 420 g/mol. The van der Waals surface area contributed by atoms with Crippen LogP contribution in [0.4, 0.5) is 5.69 Å². The Morgan fingerprint density at radius 3 is 3.00 bits per heavy atom. The first-order valence-corrected chi connectivity index (χ1v) is 10.3. The van der Waals surface area contributed by atoms with E-state index in [9.17, 15) is 9.59 Å². The van der Waals surface area contributed by atoms with Gasteiger partial charge in [-0.25, -0.2) is 4.68 Å². The van der Waals surface area contributed by atoms with E-state index in [1.54, 1.807) is 10.7 Å². The number of nitrogens with one attached hydrogen (secondary N) is 2. The maximum Gasteiger partial charge on any atom is 0.243 e. The fourth-order valence-electron chi connectivity index (χ4n) is 2.87. The molecule has 0 saturated carbocycles. The number of methoxy groups -OCH3 is 1. The highest BCUT2D eigenvalue weighted by atomic mass is 32.2. The van der Waals surface area contributed by atoms with Crippen LogP contribution in [0, 0.1) is 6.92 Å². The van der Waals surface area contributed by atoms with Crippen molar-refractivity contribution < 1.29 is 19.1 Å². The molecule has 0 unspecified atom stereocenters. The van der Waals surface area contributed by atoms with Crippen molar-refractivity contribution in [2.75, 3.05) is 31.3 Å². The maximum absolute atomic E-state index is 12.1. The second kappa shape index (κ2) is 10.2. The number of ether oxygens (including phenoxy) is 2. The van der Waals surface area contributed by atoms with Gasteiger partial charge in [0, 0.05) is 6.61 Å². The van der Waals surface area contributed by atoms with Crippen LogP contribution in [0.1, 0.15) is 18.4 Å². The predicted molar refractivity (Wildman–Crippen MR) is 107 cm³/mol. The molecule has 1 saturated heterocycles. The molecule has 1 aromatic heterocycles. The van der Waals surface area contributed by atoms with Crippen LogP contribution in [0.5, 0.6) is 5.75 Å². The first-order valence-electron chi connectivity index (χ1n) is 9.27. The first kappa shape index (κ1) is 21.1. The summed E-state index contributed by atoms with van der Waals surface area (Å²) in [7, 11) is 1.53. The molecule has 1 atom stereocenters. The Balaban J connectivity index is 1.43. The van der Waals surface area contributed by atoms with Crippen LogP contribution >= 0.6 is 11.8 Å². The Labute approximate surface area is 172 Å². The molecule has 29 heavy (non-hydrogen) atoms. The third-order valence-corrected chi connectivity index (χ3v) is 5.26. The zero-order valence-corrected chi connectivity index (χ0v) is 17.2. The third kappa shape index (κ3) is 6.16. The number of rotatable bonds is 9. The summed E-state index contributed by atoms with van der Waals surface area (Å²) in [6, 6.07) is 5.48. The molecule has 2 aromatic rings. The molecule has 2 amide bonds. The van der Waals surface area contributed by atoms with Gasteiger partial charge in [0.2, 0.25) is 17.0 Å².